The van der Waals surface area contributed by atoms with Crippen LogP contribution in [0.15, 0.2) is 4.99 Å². The number of unbranched alkanes of at least 4 members (excludes halogenated alkanes) is 17. The Kier molecular flexibility index (Phi) is 16.2. The molecule has 0 aliphatic carbocycles. The maximum atomic E-state index is 5.09. The summed E-state index contributed by atoms with van der Waals surface area (Å²) in [7, 11) is 0. The predicted molar refractivity (Wildman–Crippen MR) is 143 cm³/mol. The summed E-state index contributed by atoms with van der Waals surface area (Å²) in [5.41, 5.74) is 1.52. The lowest BCUT2D eigenvalue weighted by molar-refractivity contribution is 0.338. The Hall–Kier alpha value is -0.0200. The second-order valence-corrected chi connectivity index (χ2v) is 11.6. The first kappa shape index (κ1) is 27.2. The number of aliphatic imine (C=N–C) groups is 1. The van der Waals surface area contributed by atoms with Gasteiger partial charge in [-0.2, -0.15) is 0 Å². The maximum absolute atomic E-state index is 5.09. The lowest BCUT2D eigenvalue weighted by Gasteiger charge is -2.16. The molecular weight excluding hydrogens is 396 g/mol. The van der Waals surface area contributed by atoms with E-state index in [2.05, 4.69) is 30.5 Å². The van der Waals surface area contributed by atoms with E-state index in [-0.39, 0.29) is 0 Å². The van der Waals surface area contributed by atoms with E-state index in [1.165, 1.54) is 154 Å². The van der Waals surface area contributed by atoms with Gasteiger partial charge in [-0.05, 0) is 19.4 Å². The van der Waals surface area contributed by atoms with Crippen molar-refractivity contribution in [2.75, 3.05) is 19.6 Å². The Labute approximate surface area is 199 Å². The number of thioether (sulfide) groups is 1. The second kappa shape index (κ2) is 18.4. The number of nitrogens with zero attached hydrogens (tertiary/aromatic N) is 2. The normalized spacial score (nSPS) is 21.0. The van der Waals surface area contributed by atoms with Gasteiger partial charge in [-0.25, -0.2) is 0 Å². The monoisotopic (exact) mass is 450 g/mol. The van der Waals surface area contributed by atoms with E-state index in [4.69, 9.17) is 4.99 Å². The SMILES string of the molecule is CCCCCCCCCCCCCCCCCC1N=C2CN(CCCCCC)CC2S1. The minimum Gasteiger partial charge on any atom is -0.296 e. The fourth-order valence-corrected chi connectivity index (χ4v) is 6.61. The van der Waals surface area contributed by atoms with Gasteiger partial charge in [-0.1, -0.05) is 129 Å². The molecule has 3 heteroatoms. The van der Waals surface area contributed by atoms with Gasteiger partial charge < -0.3 is 0 Å². The molecule has 2 rings (SSSR count). The molecule has 0 N–H and O–H groups in total. The summed E-state index contributed by atoms with van der Waals surface area (Å²) in [5, 5.41) is 1.32. The summed E-state index contributed by atoms with van der Waals surface area (Å²) in [4.78, 5) is 7.73. The molecule has 2 aliphatic heterocycles. The summed E-state index contributed by atoms with van der Waals surface area (Å²) in [5.74, 6) is 0. The lowest BCUT2D eigenvalue weighted by Crippen LogP contribution is -2.23. The van der Waals surface area contributed by atoms with Crippen molar-refractivity contribution in [2.45, 2.75) is 153 Å². The highest BCUT2D eigenvalue weighted by molar-refractivity contribution is 8.01. The minimum atomic E-state index is 0.587. The molecule has 0 bridgehead atoms. The minimum absolute atomic E-state index is 0.587. The highest BCUT2D eigenvalue weighted by Crippen LogP contribution is 2.35. The standard InChI is InChI=1S/C28H54N2S/c1-3-5-7-9-10-11-12-13-14-15-16-17-18-19-20-22-28-29-26-24-30(25-27(26)31-28)23-21-8-6-4-2/h27-28H,3-25H2,1-2H3. The van der Waals surface area contributed by atoms with Crippen molar-refractivity contribution < 1.29 is 0 Å². The predicted octanol–water partition coefficient (Wildman–Crippen LogP) is 9.03. The van der Waals surface area contributed by atoms with E-state index in [1.54, 1.807) is 0 Å². The largest absolute Gasteiger partial charge is 0.296 e. The second-order valence-electron chi connectivity index (χ2n) is 10.2. The highest BCUT2D eigenvalue weighted by Gasteiger charge is 2.35. The van der Waals surface area contributed by atoms with Crippen LogP contribution < -0.4 is 0 Å². The molecule has 0 aromatic carbocycles. The van der Waals surface area contributed by atoms with Crippen LogP contribution in [0.3, 0.4) is 0 Å². The third kappa shape index (κ3) is 12.7. The van der Waals surface area contributed by atoms with E-state index in [9.17, 15) is 0 Å². The Morgan fingerprint density at radius 1 is 0.677 bits per heavy atom. The van der Waals surface area contributed by atoms with Crippen LogP contribution in [0.5, 0.6) is 0 Å². The molecule has 0 saturated carbocycles. The molecule has 182 valence electrons. The van der Waals surface area contributed by atoms with Crippen LogP contribution in [-0.2, 0) is 0 Å². The van der Waals surface area contributed by atoms with Gasteiger partial charge in [0.25, 0.3) is 0 Å². The Morgan fingerprint density at radius 2 is 1.16 bits per heavy atom. The van der Waals surface area contributed by atoms with Crippen molar-refractivity contribution in [3.63, 3.8) is 0 Å². The van der Waals surface area contributed by atoms with Gasteiger partial charge in [0.05, 0.1) is 10.6 Å². The van der Waals surface area contributed by atoms with E-state index >= 15 is 0 Å². The fraction of sp³-hybridized carbons (Fsp3) is 0.964. The Balaban J connectivity index is 1.33. The van der Waals surface area contributed by atoms with Crippen molar-refractivity contribution in [3.05, 3.63) is 0 Å². The molecule has 0 aromatic rings. The average Bonchev–Trinajstić information content (AvgIpc) is 3.32. The average molecular weight is 451 g/mol. The molecule has 1 fully saturated rings. The van der Waals surface area contributed by atoms with Crippen LogP contribution in [-0.4, -0.2) is 40.9 Å². The molecule has 2 heterocycles. The molecule has 0 aromatic heterocycles. The summed E-state index contributed by atoms with van der Waals surface area (Å²) < 4.78 is 0. The molecule has 2 atom stereocenters. The smallest absolute Gasteiger partial charge is 0.0958 e. The van der Waals surface area contributed by atoms with Crippen LogP contribution in [0.4, 0.5) is 0 Å². The van der Waals surface area contributed by atoms with Crippen LogP contribution in [0, 0.1) is 0 Å². The van der Waals surface area contributed by atoms with Gasteiger partial charge in [0.1, 0.15) is 0 Å². The number of fused-ring (bicyclic) bond motifs is 1. The summed E-state index contributed by atoms with van der Waals surface area (Å²) in [6.07, 6.45) is 28.6. The first-order valence-corrected chi connectivity index (χ1v) is 15.2. The van der Waals surface area contributed by atoms with E-state index < -0.39 is 0 Å². The number of rotatable bonds is 21. The third-order valence-electron chi connectivity index (χ3n) is 7.19. The Bertz CT molecular complexity index is 450. The van der Waals surface area contributed by atoms with Crippen molar-refractivity contribution in [1.82, 2.24) is 4.90 Å². The number of hydrogen-bond acceptors (Lipinski definition) is 3. The zero-order chi connectivity index (χ0) is 22.0. The van der Waals surface area contributed by atoms with Crippen molar-refractivity contribution in [2.24, 2.45) is 4.99 Å². The first-order valence-electron chi connectivity index (χ1n) is 14.3. The Morgan fingerprint density at radius 3 is 1.68 bits per heavy atom. The zero-order valence-electron chi connectivity index (χ0n) is 21.2. The topological polar surface area (TPSA) is 15.6 Å². The van der Waals surface area contributed by atoms with Gasteiger partial charge in [0, 0.05) is 18.8 Å². The van der Waals surface area contributed by atoms with Crippen molar-refractivity contribution >= 4 is 17.5 Å². The van der Waals surface area contributed by atoms with Crippen LogP contribution in [0.25, 0.3) is 0 Å². The van der Waals surface area contributed by atoms with Crippen molar-refractivity contribution in [3.8, 4) is 0 Å². The van der Waals surface area contributed by atoms with Crippen LogP contribution >= 0.6 is 11.8 Å². The fourth-order valence-electron chi connectivity index (χ4n) is 5.14. The van der Waals surface area contributed by atoms with Crippen LogP contribution in [0.2, 0.25) is 0 Å². The molecule has 2 nitrogen and oxygen atoms in total. The van der Waals surface area contributed by atoms with Crippen molar-refractivity contribution in [1.29, 1.82) is 0 Å². The number of likely N-dealkylation sites (tertiary alicyclic amines) is 1. The molecule has 0 amide bonds. The number of hydrogen-bond donors (Lipinski definition) is 0. The van der Waals surface area contributed by atoms with Crippen LogP contribution in [0.1, 0.15) is 142 Å². The summed E-state index contributed by atoms with van der Waals surface area (Å²) in [6.45, 7) is 8.32. The van der Waals surface area contributed by atoms with Gasteiger partial charge in [-0.3, -0.25) is 9.89 Å². The van der Waals surface area contributed by atoms with E-state index in [0.29, 0.717) is 5.37 Å². The summed E-state index contributed by atoms with van der Waals surface area (Å²) in [6, 6.07) is 0. The molecule has 31 heavy (non-hydrogen) atoms. The molecule has 2 unspecified atom stereocenters. The van der Waals surface area contributed by atoms with Gasteiger partial charge in [-0.15, -0.1) is 11.8 Å². The molecule has 0 spiro atoms. The lowest BCUT2D eigenvalue weighted by atomic mass is 10.0. The molecular formula is C28H54N2S. The highest BCUT2D eigenvalue weighted by atomic mass is 32.2. The zero-order valence-corrected chi connectivity index (χ0v) is 22.0. The van der Waals surface area contributed by atoms with Gasteiger partial charge in [0.2, 0.25) is 0 Å². The van der Waals surface area contributed by atoms with Gasteiger partial charge in [0.15, 0.2) is 0 Å². The quantitative estimate of drug-likeness (QED) is 0.162. The maximum Gasteiger partial charge on any atom is 0.0958 e. The molecule has 0 radical (unpaired) electrons. The first-order chi connectivity index (χ1) is 15.3. The summed E-state index contributed by atoms with van der Waals surface area (Å²) >= 11 is 2.17. The third-order valence-corrected chi connectivity index (χ3v) is 8.60. The van der Waals surface area contributed by atoms with Gasteiger partial charge >= 0.3 is 0 Å². The van der Waals surface area contributed by atoms with E-state index in [0.717, 1.165) is 5.25 Å². The molecule has 2 aliphatic rings. The molecule has 1 saturated heterocycles. The van der Waals surface area contributed by atoms with E-state index in [1.807, 2.05) is 0 Å².